The number of hydrogen-bond acceptors (Lipinski definition) is 4. The van der Waals surface area contributed by atoms with Crippen molar-refractivity contribution in [1.82, 2.24) is 15.1 Å². The number of amidine groups is 1. The van der Waals surface area contributed by atoms with Crippen molar-refractivity contribution < 1.29 is 14.4 Å². The zero-order chi connectivity index (χ0) is 22.6. The molecule has 2 heterocycles. The first-order valence-corrected chi connectivity index (χ1v) is 11.3. The van der Waals surface area contributed by atoms with Crippen LogP contribution in [-0.4, -0.2) is 58.0 Å². The molecule has 1 unspecified atom stereocenters. The summed E-state index contributed by atoms with van der Waals surface area (Å²) in [5, 5.41) is 3.08. The number of nitrogens with zero attached hydrogens (tertiary/aromatic N) is 3. The lowest BCUT2D eigenvalue weighted by molar-refractivity contribution is -0.146. The van der Waals surface area contributed by atoms with Crippen LogP contribution in [0, 0.1) is 0 Å². The highest BCUT2D eigenvalue weighted by molar-refractivity contribution is 6.09. The van der Waals surface area contributed by atoms with Crippen molar-refractivity contribution in [2.24, 2.45) is 4.99 Å². The van der Waals surface area contributed by atoms with Crippen LogP contribution in [0.3, 0.4) is 0 Å². The smallest absolute Gasteiger partial charge is 0.250 e. The maximum absolute atomic E-state index is 13.9. The van der Waals surface area contributed by atoms with Gasteiger partial charge in [-0.05, 0) is 43.9 Å². The number of allylic oxidation sites excluding steroid dienone is 2. The summed E-state index contributed by atoms with van der Waals surface area (Å²) in [5.74, 6) is -0.258. The molecule has 1 atom stereocenters. The highest BCUT2D eigenvalue weighted by Crippen LogP contribution is 2.30. The van der Waals surface area contributed by atoms with Crippen molar-refractivity contribution in [1.29, 1.82) is 0 Å². The third-order valence-electron chi connectivity index (χ3n) is 6.42. The Kier molecular flexibility index (Phi) is 6.53. The zero-order valence-corrected chi connectivity index (χ0v) is 18.5. The van der Waals surface area contributed by atoms with Gasteiger partial charge in [0.05, 0.1) is 13.0 Å². The molecule has 2 aliphatic heterocycles. The number of aliphatic imine (C=N–C) groups is 1. The summed E-state index contributed by atoms with van der Waals surface area (Å²) in [5.41, 5.74) is -0.0332. The Bertz CT molecular complexity index is 963. The van der Waals surface area contributed by atoms with E-state index in [0.717, 1.165) is 31.2 Å². The first-order valence-electron chi connectivity index (χ1n) is 11.3. The van der Waals surface area contributed by atoms with Crippen molar-refractivity contribution in [3.63, 3.8) is 0 Å². The molecule has 3 aliphatic rings. The maximum Gasteiger partial charge on any atom is 0.250 e. The minimum Gasteiger partial charge on any atom is -0.352 e. The summed E-state index contributed by atoms with van der Waals surface area (Å²) in [6, 6.07) is 10.1. The standard InChI is InChI=1S/C25H30N4O3/c1-25(17-22(30)27-21-13-7-8-15-29(21)25)24(32)28(16-14-19-9-3-2-4-10-19)18-23(31)26-20-11-5-6-12-20/h2-4,7-10,13,15,20H,5-6,11-12,14,16-18H2,1H3,(H,26,31). The second-order valence-corrected chi connectivity index (χ2v) is 8.90. The monoisotopic (exact) mass is 434 g/mol. The Morgan fingerprint density at radius 2 is 1.94 bits per heavy atom. The number of fused-ring (bicyclic) bond motifs is 1. The number of rotatable bonds is 7. The number of amides is 3. The second-order valence-electron chi connectivity index (χ2n) is 8.90. The number of hydrogen-bond donors (Lipinski definition) is 1. The Hall–Kier alpha value is -3.22. The summed E-state index contributed by atoms with van der Waals surface area (Å²) in [6.07, 6.45) is 11.9. The van der Waals surface area contributed by atoms with Crippen LogP contribution in [0.1, 0.15) is 44.6 Å². The minimum absolute atomic E-state index is 0.0220. The normalized spacial score (nSPS) is 22.5. The molecule has 7 heteroatoms. The molecule has 3 amide bonds. The van der Waals surface area contributed by atoms with Crippen molar-refractivity contribution in [2.45, 2.75) is 57.0 Å². The van der Waals surface area contributed by atoms with Gasteiger partial charge in [-0.3, -0.25) is 14.4 Å². The van der Waals surface area contributed by atoms with E-state index in [1.54, 1.807) is 35.1 Å². The number of nitrogens with one attached hydrogen (secondary N) is 1. The lowest BCUT2D eigenvalue weighted by Crippen LogP contribution is -2.62. The van der Waals surface area contributed by atoms with Gasteiger partial charge >= 0.3 is 0 Å². The third-order valence-corrected chi connectivity index (χ3v) is 6.42. The third kappa shape index (κ3) is 4.82. The fourth-order valence-corrected chi connectivity index (χ4v) is 4.69. The molecule has 32 heavy (non-hydrogen) atoms. The van der Waals surface area contributed by atoms with Crippen LogP contribution in [0.2, 0.25) is 0 Å². The number of benzene rings is 1. The van der Waals surface area contributed by atoms with Gasteiger partial charge in [-0.1, -0.05) is 49.2 Å². The number of carbonyl (C=O) groups excluding carboxylic acids is 3. The van der Waals surface area contributed by atoms with Gasteiger partial charge in [0.1, 0.15) is 11.4 Å². The van der Waals surface area contributed by atoms with Gasteiger partial charge in [0, 0.05) is 18.8 Å². The molecule has 1 saturated carbocycles. The fraction of sp³-hybridized carbons (Fsp3) is 0.440. The van der Waals surface area contributed by atoms with Gasteiger partial charge in [0.25, 0.3) is 5.91 Å². The van der Waals surface area contributed by atoms with Crippen molar-refractivity contribution in [3.05, 3.63) is 60.3 Å². The molecule has 0 aromatic heterocycles. The van der Waals surface area contributed by atoms with E-state index in [1.165, 1.54) is 0 Å². The molecular weight excluding hydrogens is 404 g/mol. The van der Waals surface area contributed by atoms with E-state index in [-0.39, 0.29) is 36.7 Å². The van der Waals surface area contributed by atoms with Gasteiger partial charge in [-0.15, -0.1) is 0 Å². The van der Waals surface area contributed by atoms with E-state index in [9.17, 15) is 14.4 Å². The van der Waals surface area contributed by atoms with Crippen LogP contribution in [0.25, 0.3) is 0 Å². The topological polar surface area (TPSA) is 82.1 Å². The molecule has 0 radical (unpaired) electrons. The molecule has 0 saturated heterocycles. The Morgan fingerprint density at radius 3 is 2.69 bits per heavy atom. The summed E-state index contributed by atoms with van der Waals surface area (Å²) in [6.45, 7) is 2.13. The van der Waals surface area contributed by atoms with E-state index in [1.807, 2.05) is 36.4 Å². The van der Waals surface area contributed by atoms with Crippen LogP contribution in [-0.2, 0) is 20.8 Å². The van der Waals surface area contributed by atoms with Gasteiger partial charge in [-0.2, -0.15) is 4.99 Å². The maximum atomic E-state index is 13.9. The van der Waals surface area contributed by atoms with Crippen LogP contribution >= 0.6 is 0 Å². The average Bonchev–Trinajstić information content (AvgIpc) is 3.29. The van der Waals surface area contributed by atoms with Crippen LogP contribution in [0.4, 0.5) is 0 Å². The molecular formula is C25H30N4O3. The molecule has 4 rings (SSSR count). The predicted molar refractivity (Wildman–Crippen MR) is 123 cm³/mol. The average molecular weight is 435 g/mol. The molecule has 7 nitrogen and oxygen atoms in total. The van der Waals surface area contributed by atoms with Crippen molar-refractivity contribution in [2.75, 3.05) is 13.1 Å². The van der Waals surface area contributed by atoms with E-state index in [2.05, 4.69) is 10.3 Å². The summed E-state index contributed by atoms with van der Waals surface area (Å²) < 4.78 is 0. The SMILES string of the molecule is CC1(C(=O)N(CCc2ccccc2)CC(=O)NC2CCCC2)CC(=O)N=C2C=CC=CN21. The number of carbonyl (C=O) groups is 3. The van der Waals surface area contributed by atoms with E-state index < -0.39 is 5.54 Å². The minimum atomic E-state index is -1.13. The van der Waals surface area contributed by atoms with Gasteiger partial charge in [-0.25, -0.2) is 0 Å². The Morgan fingerprint density at radius 1 is 1.19 bits per heavy atom. The van der Waals surface area contributed by atoms with E-state index in [4.69, 9.17) is 0 Å². The summed E-state index contributed by atoms with van der Waals surface area (Å²) in [7, 11) is 0. The Labute approximate surface area is 188 Å². The first-order chi connectivity index (χ1) is 15.5. The lowest BCUT2D eigenvalue weighted by Gasteiger charge is -2.44. The Balaban J connectivity index is 1.54. The highest BCUT2D eigenvalue weighted by atomic mass is 16.2. The molecule has 0 bridgehead atoms. The molecule has 1 N–H and O–H groups in total. The fourth-order valence-electron chi connectivity index (χ4n) is 4.69. The molecule has 0 spiro atoms. The summed E-state index contributed by atoms with van der Waals surface area (Å²) >= 11 is 0. The molecule has 1 fully saturated rings. The summed E-state index contributed by atoms with van der Waals surface area (Å²) in [4.78, 5) is 46.5. The van der Waals surface area contributed by atoms with Crippen molar-refractivity contribution >= 4 is 23.6 Å². The molecule has 1 aromatic carbocycles. The van der Waals surface area contributed by atoms with Crippen LogP contribution < -0.4 is 5.32 Å². The van der Waals surface area contributed by atoms with E-state index in [0.29, 0.717) is 18.8 Å². The first kappa shape index (κ1) is 22.0. The quantitative estimate of drug-likeness (QED) is 0.715. The largest absolute Gasteiger partial charge is 0.352 e. The van der Waals surface area contributed by atoms with Gasteiger partial charge < -0.3 is 15.1 Å². The van der Waals surface area contributed by atoms with Gasteiger partial charge in [0.2, 0.25) is 11.8 Å². The second kappa shape index (κ2) is 9.51. The molecule has 168 valence electrons. The zero-order valence-electron chi connectivity index (χ0n) is 18.5. The highest BCUT2D eigenvalue weighted by Gasteiger charge is 2.47. The van der Waals surface area contributed by atoms with Crippen molar-refractivity contribution in [3.8, 4) is 0 Å². The predicted octanol–water partition coefficient (Wildman–Crippen LogP) is 2.59. The van der Waals surface area contributed by atoms with Crippen LogP contribution in [0.15, 0.2) is 59.8 Å². The van der Waals surface area contributed by atoms with Gasteiger partial charge in [0.15, 0.2) is 0 Å². The lowest BCUT2D eigenvalue weighted by atomic mass is 9.90. The molecule has 1 aliphatic carbocycles. The van der Waals surface area contributed by atoms with E-state index >= 15 is 0 Å². The molecule has 1 aromatic rings. The van der Waals surface area contributed by atoms with Crippen LogP contribution in [0.5, 0.6) is 0 Å².